The highest BCUT2D eigenvalue weighted by atomic mass is 35.5. The van der Waals surface area contributed by atoms with Crippen LogP contribution in [0.15, 0.2) is 77.4 Å². The second kappa shape index (κ2) is 8.94. The summed E-state index contributed by atoms with van der Waals surface area (Å²) in [4.78, 5) is 29.1. The Balaban J connectivity index is 1.64. The first kappa shape index (κ1) is 21.1. The van der Waals surface area contributed by atoms with E-state index in [1.165, 1.54) is 24.3 Å². The van der Waals surface area contributed by atoms with Crippen LogP contribution in [0.4, 0.5) is 0 Å². The Morgan fingerprint density at radius 2 is 1.68 bits per heavy atom. The Hall–Kier alpha value is -3.12. The highest BCUT2D eigenvalue weighted by Crippen LogP contribution is 2.28. The van der Waals surface area contributed by atoms with Gasteiger partial charge in [0.15, 0.2) is 5.70 Å². The lowest BCUT2D eigenvalue weighted by Crippen LogP contribution is -2.10. The van der Waals surface area contributed by atoms with Gasteiger partial charge < -0.3 is 9.47 Å². The molecule has 8 heteroatoms. The molecule has 0 saturated carbocycles. The Morgan fingerprint density at radius 3 is 2.45 bits per heavy atom. The van der Waals surface area contributed by atoms with Crippen molar-refractivity contribution >= 4 is 58.7 Å². The largest absolute Gasteiger partial charge is 0.422 e. The highest BCUT2D eigenvalue weighted by Gasteiger charge is 2.26. The second-order valence-electron chi connectivity index (χ2n) is 6.37. The van der Waals surface area contributed by atoms with E-state index >= 15 is 0 Å². The molecule has 0 bridgehead atoms. The number of para-hydroxylation sites is 1. The molecule has 0 aliphatic carbocycles. The van der Waals surface area contributed by atoms with Crippen molar-refractivity contribution < 1.29 is 19.1 Å². The molecule has 0 spiro atoms. The fourth-order valence-corrected chi connectivity index (χ4v) is 3.51. The summed E-state index contributed by atoms with van der Waals surface area (Å²) in [6.07, 6.45) is 1.47. The SMILES string of the molecule is O=C1OC(c2ccccc2Cl)=N/C1=C\c1ccccc1OC(=O)c1ccc(Cl)cc1Cl. The number of halogens is 3. The number of carbonyl (C=O) groups excluding carboxylic acids is 2. The summed E-state index contributed by atoms with van der Waals surface area (Å²) in [7, 11) is 0. The molecule has 5 nitrogen and oxygen atoms in total. The van der Waals surface area contributed by atoms with E-state index < -0.39 is 11.9 Å². The molecule has 0 atom stereocenters. The van der Waals surface area contributed by atoms with Crippen LogP contribution in [0, 0.1) is 0 Å². The number of benzene rings is 3. The molecule has 1 heterocycles. The molecular formula is C23H12Cl3NO4. The molecule has 0 amide bonds. The predicted molar refractivity (Wildman–Crippen MR) is 120 cm³/mol. The average molecular weight is 473 g/mol. The van der Waals surface area contributed by atoms with E-state index in [1.807, 2.05) is 0 Å². The Bertz CT molecular complexity index is 1270. The maximum atomic E-state index is 12.6. The summed E-state index contributed by atoms with van der Waals surface area (Å²) >= 11 is 18.1. The van der Waals surface area contributed by atoms with Crippen molar-refractivity contribution in [2.24, 2.45) is 4.99 Å². The van der Waals surface area contributed by atoms with Gasteiger partial charge in [0, 0.05) is 10.6 Å². The molecular weight excluding hydrogens is 461 g/mol. The van der Waals surface area contributed by atoms with Crippen molar-refractivity contribution in [3.8, 4) is 5.75 Å². The zero-order valence-electron chi connectivity index (χ0n) is 15.6. The standard InChI is InChI=1S/C23H12Cl3NO4/c24-14-9-10-16(18(26)12-14)22(28)30-20-8-4-1-5-13(20)11-19-23(29)31-21(27-19)15-6-2-3-7-17(15)25/h1-12H/b19-11-. The smallest absolute Gasteiger partial charge is 0.363 e. The van der Waals surface area contributed by atoms with E-state index in [4.69, 9.17) is 44.3 Å². The zero-order chi connectivity index (χ0) is 22.0. The van der Waals surface area contributed by atoms with Crippen molar-refractivity contribution in [2.45, 2.75) is 0 Å². The third kappa shape index (κ3) is 4.64. The van der Waals surface area contributed by atoms with Crippen LogP contribution in [-0.4, -0.2) is 17.8 Å². The normalized spacial score (nSPS) is 14.4. The lowest BCUT2D eigenvalue weighted by molar-refractivity contribution is -0.129. The molecule has 3 aromatic rings. The lowest BCUT2D eigenvalue weighted by atomic mass is 10.1. The molecule has 0 aromatic heterocycles. The van der Waals surface area contributed by atoms with Crippen molar-refractivity contribution in [1.82, 2.24) is 0 Å². The number of carbonyl (C=O) groups is 2. The predicted octanol–water partition coefficient (Wildman–Crippen LogP) is 6.21. The minimum Gasteiger partial charge on any atom is -0.422 e. The fraction of sp³-hybridized carbons (Fsp3) is 0. The van der Waals surface area contributed by atoms with Gasteiger partial charge in [-0.05, 0) is 42.5 Å². The van der Waals surface area contributed by atoms with E-state index in [0.717, 1.165) is 0 Å². The van der Waals surface area contributed by atoms with Gasteiger partial charge in [-0.25, -0.2) is 14.6 Å². The van der Waals surface area contributed by atoms with Gasteiger partial charge in [-0.1, -0.05) is 65.1 Å². The van der Waals surface area contributed by atoms with E-state index in [2.05, 4.69) is 4.99 Å². The first-order chi connectivity index (χ1) is 14.9. The van der Waals surface area contributed by atoms with Crippen LogP contribution in [0.25, 0.3) is 6.08 Å². The van der Waals surface area contributed by atoms with Gasteiger partial charge in [0.2, 0.25) is 5.90 Å². The molecule has 1 aliphatic heterocycles. The highest BCUT2D eigenvalue weighted by molar-refractivity contribution is 6.36. The van der Waals surface area contributed by atoms with Gasteiger partial charge in [0.05, 0.1) is 21.2 Å². The maximum Gasteiger partial charge on any atom is 0.363 e. The third-order valence-electron chi connectivity index (χ3n) is 4.29. The van der Waals surface area contributed by atoms with Gasteiger partial charge in [-0.15, -0.1) is 0 Å². The number of rotatable bonds is 4. The van der Waals surface area contributed by atoms with Crippen molar-refractivity contribution in [1.29, 1.82) is 0 Å². The minimum atomic E-state index is -0.665. The van der Waals surface area contributed by atoms with E-state index in [0.29, 0.717) is 21.2 Å². The quantitative estimate of drug-likeness (QED) is 0.257. The Labute approximate surface area is 192 Å². The summed E-state index contributed by atoms with van der Waals surface area (Å²) in [6, 6.07) is 18.1. The number of esters is 2. The molecule has 0 N–H and O–H groups in total. The van der Waals surface area contributed by atoms with Crippen molar-refractivity contribution in [3.05, 3.63) is 104 Å². The van der Waals surface area contributed by atoms with Gasteiger partial charge in [0.1, 0.15) is 5.75 Å². The van der Waals surface area contributed by atoms with Crippen LogP contribution in [0.1, 0.15) is 21.5 Å². The summed E-state index contributed by atoms with van der Waals surface area (Å²) in [5.74, 6) is -0.983. The summed E-state index contributed by atoms with van der Waals surface area (Å²) in [5, 5.41) is 0.977. The average Bonchev–Trinajstić information content (AvgIpc) is 3.09. The van der Waals surface area contributed by atoms with Crippen LogP contribution in [0.3, 0.4) is 0 Å². The van der Waals surface area contributed by atoms with E-state index in [-0.39, 0.29) is 27.9 Å². The number of nitrogens with zero attached hydrogens (tertiary/aromatic N) is 1. The molecule has 0 unspecified atom stereocenters. The van der Waals surface area contributed by atoms with Gasteiger partial charge in [-0.3, -0.25) is 0 Å². The number of hydrogen-bond acceptors (Lipinski definition) is 5. The number of ether oxygens (including phenoxy) is 2. The molecule has 0 fully saturated rings. The molecule has 154 valence electrons. The van der Waals surface area contributed by atoms with Crippen LogP contribution < -0.4 is 4.74 Å². The first-order valence-electron chi connectivity index (χ1n) is 8.96. The first-order valence-corrected chi connectivity index (χ1v) is 10.1. The number of aliphatic imine (C=N–C) groups is 1. The van der Waals surface area contributed by atoms with Crippen LogP contribution in [0.2, 0.25) is 15.1 Å². The minimum absolute atomic E-state index is 0.0444. The Morgan fingerprint density at radius 1 is 0.935 bits per heavy atom. The van der Waals surface area contributed by atoms with Crippen LogP contribution in [-0.2, 0) is 9.53 Å². The Kier molecular flexibility index (Phi) is 6.09. The third-order valence-corrected chi connectivity index (χ3v) is 5.17. The van der Waals surface area contributed by atoms with Crippen molar-refractivity contribution in [2.75, 3.05) is 0 Å². The summed E-state index contributed by atoms with van der Waals surface area (Å²) < 4.78 is 10.7. The second-order valence-corrected chi connectivity index (χ2v) is 7.62. The maximum absolute atomic E-state index is 12.6. The van der Waals surface area contributed by atoms with Crippen LogP contribution >= 0.6 is 34.8 Å². The number of hydrogen-bond donors (Lipinski definition) is 0. The molecule has 3 aromatic carbocycles. The molecule has 31 heavy (non-hydrogen) atoms. The topological polar surface area (TPSA) is 65.0 Å². The molecule has 0 saturated heterocycles. The molecule has 1 aliphatic rings. The molecule has 4 rings (SSSR count). The van der Waals surface area contributed by atoms with Gasteiger partial charge in [-0.2, -0.15) is 0 Å². The van der Waals surface area contributed by atoms with Crippen molar-refractivity contribution in [3.63, 3.8) is 0 Å². The van der Waals surface area contributed by atoms with E-state index in [1.54, 1.807) is 48.5 Å². The van der Waals surface area contributed by atoms with Gasteiger partial charge in [0.25, 0.3) is 0 Å². The van der Waals surface area contributed by atoms with Crippen LogP contribution in [0.5, 0.6) is 5.75 Å². The zero-order valence-corrected chi connectivity index (χ0v) is 17.9. The lowest BCUT2D eigenvalue weighted by Gasteiger charge is -2.09. The van der Waals surface area contributed by atoms with E-state index in [9.17, 15) is 9.59 Å². The molecule has 0 radical (unpaired) electrons. The number of cyclic esters (lactones) is 1. The summed E-state index contributed by atoms with van der Waals surface area (Å²) in [6.45, 7) is 0. The monoisotopic (exact) mass is 471 g/mol. The fourth-order valence-electron chi connectivity index (χ4n) is 2.81. The summed E-state index contributed by atoms with van der Waals surface area (Å²) in [5.41, 5.74) is 1.16. The van der Waals surface area contributed by atoms with Gasteiger partial charge >= 0.3 is 11.9 Å².